The first kappa shape index (κ1) is 7.72. The van der Waals surface area contributed by atoms with Crippen LogP contribution in [0.25, 0.3) is 5.82 Å². The molecule has 2 aromatic heterocycles. The van der Waals surface area contributed by atoms with Gasteiger partial charge in [-0.25, -0.2) is 14.6 Å². The molecular formula is C8H9N5. The summed E-state index contributed by atoms with van der Waals surface area (Å²) in [5.74, 6) is 0.614. The van der Waals surface area contributed by atoms with Crippen molar-refractivity contribution in [1.29, 1.82) is 0 Å². The van der Waals surface area contributed by atoms with Crippen molar-refractivity contribution in [3.05, 3.63) is 30.5 Å². The summed E-state index contributed by atoms with van der Waals surface area (Å²) in [7, 11) is 0. The van der Waals surface area contributed by atoms with Gasteiger partial charge in [-0.05, 0) is 13.0 Å². The van der Waals surface area contributed by atoms with E-state index in [2.05, 4.69) is 15.1 Å². The molecule has 0 aliphatic heterocycles. The SMILES string of the molecule is Cc1ccn(-c2ncncc2N)n1. The number of anilines is 1. The van der Waals surface area contributed by atoms with Crippen molar-refractivity contribution >= 4 is 5.69 Å². The molecule has 0 amide bonds. The highest BCUT2D eigenvalue weighted by Crippen LogP contribution is 2.10. The molecular weight excluding hydrogens is 166 g/mol. The third kappa shape index (κ3) is 1.35. The molecule has 0 unspecified atom stereocenters. The van der Waals surface area contributed by atoms with Crippen molar-refractivity contribution in [2.24, 2.45) is 0 Å². The van der Waals surface area contributed by atoms with Gasteiger partial charge in [0.05, 0.1) is 17.6 Å². The first-order chi connectivity index (χ1) is 6.27. The Hall–Kier alpha value is -1.91. The zero-order chi connectivity index (χ0) is 9.26. The Bertz CT molecular complexity index is 420. The van der Waals surface area contributed by atoms with Crippen molar-refractivity contribution in [1.82, 2.24) is 19.7 Å². The van der Waals surface area contributed by atoms with E-state index in [1.165, 1.54) is 6.33 Å². The average Bonchev–Trinajstić information content (AvgIpc) is 2.53. The van der Waals surface area contributed by atoms with Gasteiger partial charge in [0.25, 0.3) is 0 Å². The lowest BCUT2D eigenvalue weighted by Crippen LogP contribution is -2.03. The molecule has 2 rings (SSSR count). The fraction of sp³-hybridized carbons (Fsp3) is 0.125. The predicted octanol–water partition coefficient (Wildman–Crippen LogP) is 0.553. The lowest BCUT2D eigenvalue weighted by Gasteiger charge is -2.01. The van der Waals surface area contributed by atoms with Gasteiger partial charge in [-0.1, -0.05) is 0 Å². The Morgan fingerprint density at radius 1 is 1.46 bits per heavy atom. The van der Waals surface area contributed by atoms with E-state index in [1.54, 1.807) is 10.9 Å². The maximum Gasteiger partial charge on any atom is 0.179 e. The quantitative estimate of drug-likeness (QED) is 0.687. The van der Waals surface area contributed by atoms with Crippen molar-refractivity contribution < 1.29 is 0 Å². The summed E-state index contributed by atoms with van der Waals surface area (Å²) in [6.45, 7) is 1.91. The summed E-state index contributed by atoms with van der Waals surface area (Å²) in [5.41, 5.74) is 7.12. The highest BCUT2D eigenvalue weighted by molar-refractivity contribution is 5.49. The molecule has 2 heterocycles. The monoisotopic (exact) mass is 175 g/mol. The van der Waals surface area contributed by atoms with Crippen LogP contribution in [0.1, 0.15) is 5.69 Å². The van der Waals surface area contributed by atoms with Gasteiger partial charge in [0, 0.05) is 6.20 Å². The number of rotatable bonds is 1. The van der Waals surface area contributed by atoms with Crippen LogP contribution >= 0.6 is 0 Å². The molecule has 0 saturated heterocycles. The van der Waals surface area contributed by atoms with Gasteiger partial charge < -0.3 is 5.73 Å². The summed E-state index contributed by atoms with van der Waals surface area (Å²) in [4.78, 5) is 7.83. The summed E-state index contributed by atoms with van der Waals surface area (Å²) in [6.07, 6.45) is 4.82. The Labute approximate surface area is 75.2 Å². The topological polar surface area (TPSA) is 69.6 Å². The number of aryl methyl sites for hydroxylation is 1. The van der Waals surface area contributed by atoms with Crippen LogP contribution in [0, 0.1) is 6.92 Å². The predicted molar refractivity (Wildman–Crippen MR) is 48.3 cm³/mol. The van der Waals surface area contributed by atoms with Crippen LogP contribution in [0.5, 0.6) is 0 Å². The van der Waals surface area contributed by atoms with E-state index >= 15 is 0 Å². The molecule has 13 heavy (non-hydrogen) atoms. The van der Waals surface area contributed by atoms with Crippen LogP contribution in [0.3, 0.4) is 0 Å². The Balaban J connectivity index is 2.52. The van der Waals surface area contributed by atoms with Gasteiger partial charge in [-0.3, -0.25) is 0 Å². The van der Waals surface area contributed by atoms with Gasteiger partial charge in [0.15, 0.2) is 5.82 Å². The zero-order valence-electron chi connectivity index (χ0n) is 7.18. The highest BCUT2D eigenvalue weighted by atomic mass is 15.3. The van der Waals surface area contributed by atoms with Gasteiger partial charge >= 0.3 is 0 Å². The van der Waals surface area contributed by atoms with E-state index < -0.39 is 0 Å². The lowest BCUT2D eigenvalue weighted by atomic mass is 10.5. The third-order valence-electron chi connectivity index (χ3n) is 1.66. The number of nitrogens with two attached hydrogens (primary N) is 1. The maximum atomic E-state index is 5.68. The molecule has 5 heteroatoms. The van der Waals surface area contributed by atoms with Crippen LogP contribution in [0.4, 0.5) is 5.69 Å². The number of nitrogen functional groups attached to an aromatic ring is 1. The molecule has 0 atom stereocenters. The van der Waals surface area contributed by atoms with E-state index in [0.29, 0.717) is 11.5 Å². The van der Waals surface area contributed by atoms with E-state index in [-0.39, 0.29) is 0 Å². The molecule has 0 bridgehead atoms. The van der Waals surface area contributed by atoms with E-state index in [1.807, 2.05) is 19.2 Å². The second kappa shape index (κ2) is 2.85. The molecule has 0 spiro atoms. The molecule has 0 fully saturated rings. The molecule has 2 aromatic rings. The van der Waals surface area contributed by atoms with E-state index in [9.17, 15) is 0 Å². The first-order valence-corrected chi connectivity index (χ1v) is 3.85. The summed E-state index contributed by atoms with van der Waals surface area (Å²) < 4.78 is 1.63. The Kier molecular flexibility index (Phi) is 1.70. The summed E-state index contributed by atoms with van der Waals surface area (Å²) in [6, 6.07) is 1.89. The van der Waals surface area contributed by atoms with E-state index in [0.717, 1.165) is 5.69 Å². The zero-order valence-corrected chi connectivity index (χ0v) is 7.18. The molecule has 5 nitrogen and oxygen atoms in total. The number of hydrogen-bond donors (Lipinski definition) is 1. The van der Waals surface area contributed by atoms with Crippen LogP contribution < -0.4 is 5.73 Å². The van der Waals surface area contributed by atoms with Crippen molar-refractivity contribution in [3.8, 4) is 5.82 Å². The fourth-order valence-corrected chi connectivity index (χ4v) is 1.06. The lowest BCUT2D eigenvalue weighted by molar-refractivity contribution is 0.829. The molecule has 0 radical (unpaired) electrons. The molecule has 0 aromatic carbocycles. The normalized spacial score (nSPS) is 10.2. The average molecular weight is 175 g/mol. The number of aromatic nitrogens is 4. The molecule has 0 aliphatic rings. The van der Waals surface area contributed by atoms with Gasteiger partial charge in [0.1, 0.15) is 6.33 Å². The third-order valence-corrected chi connectivity index (χ3v) is 1.66. The number of hydrogen-bond acceptors (Lipinski definition) is 4. The Morgan fingerprint density at radius 3 is 2.92 bits per heavy atom. The minimum atomic E-state index is 0.519. The van der Waals surface area contributed by atoms with Crippen LogP contribution in [0.2, 0.25) is 0 Å². The van der Waals surface area contributed by atoms with Crippen LogP contribution in [-0.4, -0.2) is 19.7 Å². The molecule has 66 valence electrons. The van der Waals surface area contributed by atoms with E-state index in [4.69, 9.17) is 5.73 Å². The maximum absolute atomic E-state index is 5.68. The molecule has 0 aliphatic carbocycles. The molecule has 2 N–H and O–H groups in total. The van der Waals surface area contributed by atoms with Gasteiger partial charge in [-0.2, -0.15) is 5.10 Å². The standard InChI is InChI=1S/C8H9N5/c1-6-2-3-13(12-6)8-7(9)4-10-5-11-8/h2-5H,9H2,1H3. The van der Waals surface area contributed by atoms with Gasteiger partial charge in [-0.15, -0.1) is 0 Å². The van der Waals surface area contributed by atoms with Crippen LogP contribution in [0.15, 0.2) is 24.8 Å². The summed E-state index contributed by atoms with van der Waals surface area (Å²) >= 11 is 0. The minimum absolute atomic E-state index is 0.519. The highest BCUT2D eigenvalue weighted by Gasteiger charge is 2.02. The Morgan fingerprint density at radius 2 is 2.31 bits per heavy atom. The van der Waals surface area contributed by atoms with Crippen molar-refractivity contribution in [3.63, 3.8) is 0 Å². The second-order valence-corrected chi connectivity index (χ2v) is 2.70. The first-order valence-electron chi connectivity index (χ1n) is 3.85. The van der Waals surface area contributed by atoms with Crippen molar-refractivity contribution in [2.75, 3.05) is 5.73 Å². The number of nitrogens with zero attached hydrogens (tertiary/aromatic N) is 4. The second-order valence-electron chi connectivity index (χ2n) is 2.70. The van der Waals surface area contributed by atoms with Crippen LogP contribution in [-0.2, 0) is 0 Å². The minimum Gasteiger partial charge on any atom is -0.394 e. The van der Waals surface area contributed by atoms with Crippen molar-refractivity contribution in [2.45, 2.75) is 6.92 Å². The molecule has 0 saturated carbocycles. The van der Waals surface area contributed by atoms with Gasteiger partial charge in [0.2, 0.25) is 0 Å². The fourth-order valence-electron chi connectivity index (χ4n) is 1.06. The smallest absolute Gasteiger partial charge is 0.179 e. The summed E-state index contributed by atoms with van der Waals surface area (Å²) in [5, 5.41) is 4.19. The largest absolute Gasteiger partial charge is 0.394 e.